The lowest BCUT2D eigenvalue weighted by Crippen LogP contribution is -2.12. The molecular weight excluding hydrogens is 256 g/mol. The van der Waals surface area contributed by atoms with E-state index in [1.807, 2.05) is 26.0 Å². The first kappa shape index (κ1) is 14.5. The molecule has 0 aromatic carbocycles. The lowest BCUT2D eigenvalue weighted by atomic mass is 10.2. The quantitative estimate of drug-likeness (QED) is 0.836. The van der Waals surface area contributed by atoms with Gasteiger partial charge in [-0.15, -0.1) is 0 Å². The van der Waals surface area contributed by atoms with E-state index >= 15 is 0 Å². The highest BCUT2D eigenvalue weighted by atomic mass is 16.5. The maximum absolute atomic E-state index is 5.58. The molecule has 2 rings (SSSR count). The van der Waals surface area contributed by atoms with Crippen LogP contribution in [0.25, 0.3) is 0 Å². The van der Waals surface area contributed by atoms with Crippen molar-refractivity contribution in [2.45, 2.75) is 39.8 Å². The van der Waals surface area contributed by atoms with Crippen LogP contribution in [0.15, 0.2) is 22.9 Å². The minimum absolute atomic E-state index is 0.225. The van der Waals surface area contributed by atoms with Gasteiger partial charge in [-0.3, -0.25) is 4.98 Å². The van der Waals surface area contributed by atoms with Gasteiger partial charge < -0.3 is 14.6 Å². The van der Waals surface area contributed by atoms with E-state index in [1.54, 1.807) is 6.20 Å². The van der Waals surface area contributed by atoms with Crippen LogP contribution in [0.4, 0.5) is 0 Å². The fourth-order valence-corrected chi connectivity index (χ4v) is 1.56. The van der Waals surface area contributed by atoms with Crippen LogP contribution in [0.5, 0.6) is 5.75 Å². The first-order chi connectivity index (χ1) is 9.69. The van der Waals surface area contributed by atoms with Crippen molar-refractivity contribution in [1.29, 1.82) is 0 Å². The first-order valence-electron chi connectivity index (χ1n) is 6.80. The van der Waals surface area contributed by atoms with Crippen molar-refractivity contribution >= 4 is 0 Å². The maximum Gasteiger partial charge on any atom is 0.229 e. The van der Waals surface area contributed by atoms with Crippen molar-refractivity contribution < 1.29 is 9.26 Å². The maximum atomic E-state index is 5.58. The summed E-state index contributed by atoms with van der Waals surface area (Å²) in [6.45, 7) is 8.05. The molecule has 0 bridgehead atoms. The normalized spacial score (nSPS) is 11.0. The van der Waals surface area contributed by atoms with E-state index in [0.717, 1.165) is 18.8 Å². The molecule has 2 aromatic rings. The highest BCUT2D eigenvalue weighted by molar-refractivity contribution is 5.19. The Morgan fingerprint density at radius 3 is 2.80 bits per heavy atom. The third-order valence-corrected chi connectivity index (χ3v) is 2.70. The second kappa shape index (κ2) is 7.00. The number of aromatic nitrogens is 3. The summed E-state index contributed by atoms with van der Waals surface area (Å²) in [7, 11) is 0. The zero-order chi connectivity index (χ0) is 14.4. The number of nitrogens with one attached hydrogen (secondary N) is 1. The lowest BCUT2D eigenvalue weighted by Gasteiger charge is -2.04. The molecule has 2 aromatic heterocycles. The first-order valence-corrected chi connectivity index (χ1v) is 6.80. The summed E-state index contributed by atoms with van der Waals surface area (Å²) in [6, 6.07) is 3.83. The predicted molar refractivity (Wildman–Crippen MR) is 74.3 cm³/mol. The van der Waals surface area contributed by atoms with Crippen LogP contribution in [0.1, 0.15) is 44.1 Å². The summed E-state index contributed by atoms with van der Waals surface area (Å²) in [4.78, 5) is 8.56. The molecule has 0 aliphatic rings. The minimum Gasteiger partial charge on any atom is -0.484 e. The van der Waals surface area contributed by atoms with Gasteiger partial charge >= 0.3 is 0 Å². The standard InChI is InChI=1S/C14H20N4O2/c1-4-15-7-11-5-6-12(8-16-11)19-9-13-17-14(10(2)3)20-18-13/h5-6,8,10,15H,4,7,9H2,1-3H3. The van der Waals surface area contributed by atoms with Crippen LogP contribution in [0.2, 0.25) is 0 Å². The molecule has 0 fully saturated rings. The van der Waals surface area contributed by atoms with E-state index in [1.165, 1.54) is 0 Å². The van der Waals surface area contributed by atoms with E-state index < -0.39 is 0 Å². The molecule has 2 heterocycles. The second-order valence-corrected chi connectivity index (χ2v) is 4.76. The average molecular weight is 276 g/mol. The second-order valence-electron chi connectivity index (χ2n) is 4.76. The van der Waals surface area contributed by atoms with Gasteiger partial charge in [-0.25, -0.2) is 0 Å². The zero-order valence-corrected chi connectivity index (χ0v) is 12.1. The molecule has 6 heteroatoms. The Hall–Kier alpha value is -1.95. The molecular formula is C14H20N4O2. The van der Waals surface area contributed by atoms with E-state index in [2.05, 4.69) is 27.4 Å². The molecule has 6 nitrogen and oxygen atoms in total. The Morgan fingerprint density at radius 1 is 1.35 bits per heavy atom. The van der Waals surface area contributed by atoms with Gasteiger partial charge in [0.05, 0.1) is 11.9 Å². The highest BCUT2D eigenvalue weighted by Gasteiger charge is 2.10. The predicted octanol–water partition coefficient (Wildman–Crippen LogP) is 2.28. The SMILES string of the molecule is CCNCc1ccc(OCc2noc(C(C)C)n2)cn1. The third kappa shape index (κ3) is 4.03. The van der Waals surface area contributed by atoms with Gasteiger partial charge in [0.1, 0.15) is 5.75 Å². The monoisotopic (exact) mass is 276 g/mol. The Bertz CT molecular complexity index is 522. The van der Waals surface area contributed by atoms with Crippen molar-refractivity contribution in [2.75, 3.05) is 6.54 Å². The Kier molecular flexibility index (Phi) is 5.06. The molecule has 0 aliphatic heterocycles. The Balaban J connectivity index is 1.86. The number of ether oxygens (including phenoxy) is 1. The van der Waals surface area contributed by atoms with Gasteiger partial charge in [0.25, 0.3) is 0 Å². The number of nitrogens with zero attached hydrogens (tertiary/aromatic N) is 3. The number of rotatable bonds is 7. The minimum atomic E-state index is 0.225. The molecule has 0 amide bonds. The van der Waals surface area contributed by atoms with Crippen LogP contribution >= 0.6 is 0 Å². The third-order valence-electron chi connectivity index (χ3n) is 2.70. The van der Waals surface area contributed by atoms with Crippen molar-refractivity contribution in [3.8, 4) is 5.75 Å². The van der Waals surface area contributed by atoms with E-state index in [9.17, 15) is 0 Å². The molecule has 0 aliphatic carbocycles. The van der Waals surface area contributed by atoms with Gasteiger partial charge in [-0.2, -0.15) is 4.98 Å². The summed E-state index contributed by atoms with van der Waals surface area (Å²) in [5, 5.41) is 7.09. The lowest BCUT2D eigenvalue weighted by molar-refractivity contribution is 0.283. The fraction of sp³-hybridized carbons (Fsp3) is 0.500. The smallest absolute Gasteiger partial charge is 0.229 e. The number of hydrogen-bond donors (Lipinski definition) is 1. The van der Waals surface area contributed by atoms with Gasteiger partial charge in [0.2, 0.25) is 11.7 Å². The van der Waals surface area contributed by atoms with E-state index in [0.29, 0.717) is 17.5 Å². The zero-order valence-electron chi connectivity index (χ0n) is 12.1. The molecule has 0 atom stereocenters. The molecule has 0 spiro atoms. The average Bonchev–Trinajstić information content (AvgIpc) is 2.93. The molecule has 108 valence electrons. The highest BCUT2D eigenvalue weighted by Crippen LogP contribution is 2.13. The summed E-state index contributed by atoms with van der Waals surface area (Å²) in [6.07, 6.45) is 1.70. The van der Waals surface area contributed by atoms with Crippen LogP contribution in [0.3, 0.4) is 0 Å². The Morgan fingerprint density at radius 2 is 2.20 bits per heavy atom. The van der Waals surface area contributed by atoms with Crippen molar-refractivity contribution in [3.63, 3.8) is 0 Å². The van der Waals surface area contributed by atoms with Crippen LogP contribution in [-0.4, -0.2) is 21.7 Å². The molecule has 0 saturated heterocycles. The molecule has 1 N–H and O–H groups in total. The van der Waals surface area contributed by atoms with E-state index in [4.69, 9.17) is 9.26 Å². The van der Waals surface area contributed by atoms with Crippen molar-refractivity contribution in [1.82, 2.24) is 20.4 Å². The topological polar surface area (TPSA) is 73.1 Å². The fourth-order valence-electron chi connectivity index (χ4n) is 1.56. The van der Waals surface area contributed by atoms with Crippen molar-refractivity contribution in [2.24, 2.45) is 0 Å². The molecule has 0 unspecified atom stereocenters. The molecule has 20 heavy (non-hydrogen) atoms. The summed E-state index contributed by atoms with van der Waals surface area (Å²) >= 11 is 0. The van der Waals surface area contributed by atoms with E-state index in [-0.39, 0.29) is 12.5 Å². The largest absolute Gasteiger partial charge is 0.484 e. The van der Waals surface area contributed by atoms with Gasteiger partial charge in [0, 0.05) is 12.5 Å². The van der Waals surface area contributed by atoms with Crippen LogP contribution in [-0.2, 0) is 13.2 Å². The van der Waals surface area contributed by atoms with Crippen LogP contribution < -0.4 is 10.1 Å². The Labute approximate surface area is 118 Å². The number of hydrogen-bond acceptors (Lipinski definition) is 6. The van der Waals surface area contributed by atoms with Gasteiger partial charge in [-0.05, 0) is 18.7 Å². The van der Waals surface area contributed by atoms with Crippen LogP contribution in [0, 0.1) is 0 Å². The number of pyridine rings is 1. The van der Waals surface area contributed by atoms with Gasteiger partial charge in [0.15, 0.2) is 6.61 Å². The molecule has 0 radical (unpaired) electrons. The van der Waals surface area contributed by atoms with Crippen molar-refractivity contribution in [3.05, 3.63) is 35.7 Å². The summed E-state index contributed by atoms with van der Waals surface area (Å²) < 4.78 is 10.7. The molecule has 0 saturated carbocycles. The summed E-state index contributed by atoms with van der Waals surface area (Å²) in [5.41, 5.74) is 0.987. The van der Waals surface area contributed by atoms with Gasteiger partial charge in [-0.1, -0.05) is 25.9 Å². The summed E-state index contributed by atoms with van der Waals surface area (Å²) in [5.74, 6) is 2.09.